The Labute approximate surface area is 132 Å². The van der Waals surface area contributed by atoms with Gasteiger partial charge in [0.2, 0.25) is 11.8 Å². The Kier molecular flexibility index (Phi) is 5.55. The minimum absolute atomic E-state index is 0.0371. The van der Waals surface area contributed by atoms with E-state index in [1.165, 1.54) is 0 Å². The van der Waals surface area contributed by atoms with Crippen LogP contribution in [0.5, 0.6) is 0 Å². The minimum atomic E-state index is -0.143. The van der Waals surface area contributed by atoms with Crippen molar-refractivity contribution < 1.29 is 9.59 Å². The maximum atomic E-state index is 12.7. The van der Waals surface area contributed by atoms with Crippen molar-refractivity contribution in [3.8, 4) is 0 Å². The maximum absolute atomic E-state index is 12.7. The summed E-state index contributed by atoms with van der Waals surface area (Å²) < 4.78 is 0. The van der Waals surface area contributed by atoms with E-state index in [1.54, 1.807) is 4.90 Å². The number of rotatable bonds is 5. The molecule has 2 amide bonds. The Morgan fingerprint density at radius 2 is 2.14 bits per heavy atom. The van der Waals surface area contributed by atoms with Crippen LogP contribution in [0.25, 0.3) is 0 Å². The molecule has 1 atom stereocenters. The summed E-state index contributed by atoms with van der Waals surface area (Å²) >= 11 is 0. The van der Waals surface area contributed by atoms with Gasteiger partial charge in [-0.25, -0.2) is 0 Å². The van der Waals surface area contributed by atoms with Crippen molar-refractivity contribution in [2.45, 2.75) is 39.2 Å². The smallest absolute Gasteiger partial charge is 0.241 e. The van der Waals surface area contributed by atoms with Gasteiger partial charge in [-0.05, 0) is 39.1 Å². The van der Waals surface area contributed by atoms with Crippen LogP contribution < -0.4 is 10.2 Å². The predicted molar refractivity (Wildman–Crippen MR) is 89.0 cm³/mol. The highest BCUT2D eigenvalue weighted by molar-refractivity contribution is 6.04. The molecule has 5 heteroatoms. The molecular weight excluding hydrogens is 278 g/mol. The fourth-order valence-electron chi connectivity index (χ4n) is 2.78. The molecule has 0 aliphatic carbocycles. The van der Waals surface area contributed by atoms with Crippen LogP contribution in [0.4, 0.5) is 11.4 Å². The third-order valence-electron chi connectivity index (χ3n) is 3.93. The van der Waals surface area contributed by atoms with Gasteiger partial charge in [0.15, 0.2) is 0 Å². The van der Waals surface area contributed by atoms with Crippen molar-refractivity contribution in [3.05, 3.63) is 24.3 Å². The second-order valence-corrected chi connectivity index (χ2v) is 5.97. The highest BCUT2D eigenvalue weighted by atomic mass is 16.2. The number of benzene rings is 1. The number of unbranched alkanes of at least 4 members (excludes halogenated alkanes) is 1. The Morgan fingerprint density at radius 3 is 2.86 bits per heavy atom. The van der Waals surface area contributed by atoms with E-state index in [9.17, 15) is 9.59 Å². The Bertz CT molecular complexity index is 544. The average Bonchev–Trinajstić information content (AvgIpc) is 2.59. The van der Waals surface area contributed by atoms with Crippen molar-refractivity contribution in [1.82, 2.24) is 4.90 Å². The Balaban J connectivity index is 2.20. The van der Waals surface area contributed by atoms with Crippen molar-refractivity contribution in [2.24, 2.45) is 0 Å². The summed E-state index contributed by atoms with van der Waals surface area (Å²) in [7, 11) is 1.96. The number of anilines is 2. The van der Waals surface area contributed by atoms with Crippen molar-refractivity contribution in [3.63, 3.8) is 0 Å². The van der Waals surface area contributed by atoms with Crippen molar-refractivity contribution in [1.29, 1.82) is 0 Å². The molecule has 0 saturated carbocycles. The third-order valence-corrected chi connectivity index (χ3v) is 3.93. The van der Waals surface area contributed by atoms with Gasteiger partial charge in [-0.2, -0.15) is 0 Å². The van der Waals surface area contributed by atoms with E-state index >= 15 is 0 Å². The Hall–Kier alpha value is -1.88. The van der Waals surface area contributed by atoms with E-state index in [0.717, 1.165) is 25.1 Å². The number of carbonyl (C=O) groups is 2. The lowest BCUT2D eigenvalue weighted by atomic mass is 10.1. The lowest BCUT2D eigenvalue weighted by molar-refractivity contribution is -0.120. The summed E-state index contributed by atoms with van der Waals surface area (Å²) in [4.78, 5) is 28.5. The molecule has 2 rings (SSSR count). The summed E-state index contributed by atoms with van der Waals surface area (Å²) in [5, 5.41) is 2.88. The predicted octanol–water partition coefficient (Wildman–Crippen LogP) is 2.48. The van der Waals surface area contributed by atoms with Gasteiger partial charge >= 0.3 is 0 Å². The van der Waals surface area contributed by atoms with E-state index in [0.29, 0.717) is 18.7 Å². The fraction of sp³-hybridized carbons (Fsp3) is 0.529. The molecule has 0 fully saturated rings. The number of amides is 2. The number of hydrogen-bond acceptors (Lipinski definition) is 3. The van der Waals surface area contributed by atoms with Gasteiger partial charge in [0.25, 0.3) is 0 Å². The van der Waals surface area contributed by atoms with E-state index in [4.69, 9.17) is 0 Å². The second kappa shape index (κ2) is 7.40. The van der Waals surface area contributed by atoms with E-state index < -0.39 is 0 Å². The van der Waals surface area contributed by atoms with Gasteiger partial charge in [-0.1, -0.05) is 25.5 Å². The van der Waals surface area contributed by atoms with E-state index in [1.807, 2.05) is 43.1 Å². The number of carbonyl (C=O) groups excluding carboxylic acids is 2. The Morgan fingerprint density at radius 1 is 1.41 bits per heavy atom. The zero-order valence-electron chi connectivity index (χ0n) is 13.6. The number of nitrogens with one attached hydrogen (secondary N) is 1. The fourth-order valence-corrected chi connectivity index (χ4v) is 2.78. The van der Waals surface area contributed by atoms with Gasteiger partial charge in [0.05, 0.1) is 17.9 Å². The number of fused-ring (bicyclic) bond motifs is 1. The molecule has 1 N–H and O–H groups in total. The van der Waals surface area contributed by atoms with Crippen molar-refractivity contribution in [2.75, 3.05) is 30.4 Å². The molecular formula is C17H25N3O2. The highest BCUT2D eigenvalue weighted by Crippen LogP contribution is 2.31. The van der Waals surface area contributed by atoms with Crippen LogP contribution in [0.2, 0.25) is 0 Å². The van der Waals surface area contributed by atoms with Crippen molar-refractivity contribution >= 4 is 23.2 Å². The maximum Gasteiger partial charge on any atom is 0.241 e. The second-order valence-electron chi connectivity index (χ2n) is 5.97. The number of nitrogens with zero attached hydrogens (tertiary/aromatic N) is 2. The normalized spacial score (nSPS) is 17.9. The lowest BCUT2D eigenvalue weighted by Gasteiger charge is -2.29. The number of para-hydroxylation sites is 2. The third kappa shape index (κ3) is 3.85. The quantitative estimate of drug-likeness (QED) is 0.909. The largest absolute Gasteiger partial charge is 0.324 e. The molecule has 1 aromatic rings. The molecule has 1 aliphatic rings. The first-order valence-corrected chi connectivity index (χ1v) is 7.92. The van der Waals surface area contributed by atoms with Crippen LogP contribution >= 0.6 is 0 Å². The molecule has 0 spiro atoms. The van der Waals surface area contributed by atoms with Crippen LogP contribution in [0.1, 0.15) is 33.1 Å². The molecule has 0 bridgehead atoms. The number of likely N-dealkylation sites (N-methyl/N-ethyl adjacent to an activating group) is 1. The molecule has 5 nitrogen and oxygen atoms in total. The first kappa shape index (κ1) is 16.5. The van der Waals surface area contributed by atoms with Crippen LogP contribution in [0, 0.1) is 0 Å². The molecule has 1 aromatic carbocycles. The first-order valence-electron chi connectivity index (χ1n) is 7.92. The van der Waals surface area contributed by atoms with Gasteiger partial charge in [0.1, 0.15) is 0 Å². The zero-order valence-corrected chi connectivity index (χ0v) is 13.6. The summed E-state index contributed by atoms with van der Waals surface area (Å²) in [6, 6.07) is 7.35. The van der Waals surface area contributed by atoms with E-state index in [2.05, 4.69) is 12.2 Å². The highest BCUT2D eigenvalue weighted by Gasteiger charge is 2.29. The van der Waals surface area contributed by atoms with Crippen LogP contribution in [0.15, 0.2) is 24.3 Å². The van der Waals surface area contributed by atoms with Gasteiger partial charge in [0, 0.05) is 12.5 Å². The SMILES string of the molecule is CCCCN(C)CC(=O)N1c2ccccc2NC(=O)C[C@H]1C. The first-order chi connectivity index (χ1) is 10.5. The standard InChI is InChI=1S/C17H25N3O2/c1-4-5-10-19(3)12-17(22)20-13(2)11-16(21)18-14-8-6-7-9-15(14)20/h6-9,13H,4-5,10-12H2,1-3H3,(H,18,21)/t13-/m1/s1. The summed E-state index contributed by atoms with van der Waals surface area (Å²) in [6.45, 7) is 5.34. The molecule has 22 heavy (non-hydrogen) atoms. The van der Waals surface area contributed by atoms with Gasteiger partial charge in [-0.3, -0.25) is 14.5 Å². The van der Waals surface area contributed by atoms with Gasteiger partial charge in [-0.15, -0.1) is 0 Å². The summed E-state index contributed by atoms with van der Waals surface area (Å²) in [6.07, 6.45) is 2.51. The molecule has 0 saturated heterocycles. The lowest BCUT2D eigenvalue weighted by Crippen LogP contribution is -2.44. The summed E-state index contributed by atoms with van der Waals surface area (Å²) in [5.74, 6) is -0.00959. The van der Waals surface area contributed by atoms with Crippen LogP contribution in [-0.4, -0.2) is 42.9 Å². The number of hydrogen-bond donors (Lipinski definition) is 1. The van der Waals surface area contributed by atoms with Crippen LogP contribution in [-0.2, 0) is 9.59 Å². The monoisotopic (exact) mass is 303 g/mol. The molecule has 1 heterocycles. The van der Waals surface area contributed by atoms with Crippen LogP contribution in [0.3, 0.4) is 0 Å². The van der Waals surface area contributed by atoms with E-state index in [-0.39, 0.29) is 17.9 Å². The average molecular weight is 303 g/mol. The molecule has 1 aliphatic heterocycles. The molecule has 0 radical (unpaired) electrons. The topological polar surface area (TPSA) is 52.7 Å². The minimum Gasteiger partial charge on any atom is -0.324 e. The summed E-state index contributed by atoms with van der Waals surface area (Å²) in [5.41, 5.74) is 1.50. The molecule has 0 aromatic heterocycles. The van der Waals surface area contributed by atoms with Gasteiger partial charge < -0.3 is 10.2 Å². The molecule has 0 unspecified atom stereocenters. The molecule has 120 valence electrons. The zero-order chi connectivity index (χ0) is 16.1.